The SMILES string of the molecule is CNCc1cc(C)ccc1-n1nc(C)c(Cl)c1C. The first kappa shape index (κ1) is 13.1. The van der Waals surface area contributed by atoms with Crippen molar-refractivity contribution in [3.63, 3.8) is 0 Å². The van der Waals surface area contributed by atoms with Gasteiger partial charge in [0.15, 0.2) is 0 Å². The standard InChI is InChI=1S/C14H18ClN3/c1-9-5-6-13(12(7-9)8-16-4)18-11(3)14(15)10(2)17-18/h5-7,16H,8H2,1-4H3. The summed E-state index contributed by atoms with van der Waals surface area (Å²) in [7, 11) is 1.94. The molecule has 0 spiro atoms. The van der Waals surface area contributed by atoms with Crippen LogP contribution in [0.5, 0.6) is 0 Å². The van der Waals surface area contributed by atoms with Crippen molar-refractivity contribution < 1.29 is 0 Å². The molecule has 18 heavy (non-hydrogen) atoms. The van der Waals surface area contributed by atoms with E-state index in [1.807, 2.05) is 25.6 Å². The van der Waals surface area contributed by atoms with Crippen LogP contribution in [0.3, 0.4) is 0 Å². The van der Waals surface area contributed by atoms with Crippen molar-refractivity contribution in [1.82, 2.24) is 15.1 Å². The Labute approximate surface area is 113 Å². The maximum Gasteiger partial charge on any atom is 0.0848 e. The van der Waals surface area contributed by atoms with Gasteiger partial charge in [0.05, 0.1) is 22.1 Å². The van der Waals surface area contributed by atoms with Crippen LogP contribution in [-0.2, 0) is 6.54 Å². The summed E-state index contributed by atoms with van der Waals surface area (Å²) in [5.41, 5.74) is 5.40. The lowest BCUT2D eigenvalue weighted by Crippen LogP contribution is -2.11. The van der Waals surface area contributed by atoms with Crippen LogP contribution >= 0.6 is 11.6 Å². The first-order valence-corrected chi connectivity index (χ1v) is 6.38. The molecule has 0 radical (unpaired) electrons. The molecule has 96 valence electrons. The van der Waals surface area contributed by atoms with Crippen LogP contribution in [0.2, 0.25) is 5.02 Å². The summed E-state index contributed by atoms with van der Waals surface area (Å²) in [5.74, 6) is 0. The highest BCUT2D eigenvalue weighted by atomic mass is 35.5. The van der Waals surface area contributed by atoms with Gasteiger partial charge in [0, 0.05) is 6.54 Å². The van der Waals surface area contributed by atoms with Gasteiger partial charge < -0.3 is 5.32 Å². The minimum absolute atomic E-state index is 0.742. The van der Waals surface area contributed by atoms with Gasteiger partial charge in [-0.1, -0.05) is 29.3 Å². The van der Waals surface area contributed by atoms with Crippen molar-refractivity contribution in [3.8, 4) is 5.69 Å². The van der Waals surface area contributed by atoms with Gasteiger partial charge >= 0.3 is 0 Å². The summed E-state index contributed by atoms with van der Waals surface area (Å²) in [6, 6.07) is 6.37. The van der Waals surface area contributed by atoms with E-state index >= 15 is 0 Å². The molecule has 1 aromatic carbocycles. The number of nitrogens with one attached hydrogen (secondary N) is 1. The van der Waals surface area contributed by atoms with E-state index in [4.69, 9.17) is 11.6 Å². The number of aryl methyl sites for hydroxylation is 2. The van der Waals surface area contributed by atoms with Gasteiger partial charge in [-0.25, -0.2) is 4.68 Å². The average molecular weight is 264 g/mol. The number of benzene rings is 1. The van der Waals surface area contributed by atoms with E-state index in [2.05, 4.69) is 35.5 Å². The number of halogens is 1. The molecule has 3 nitrogen and oxygen atoms in total. The van der Waals surface area contributed by atoms with Crippen LogP contribution in [0.1, 0.15) is 22.5 Å². The first-order chi connectivity index (χ1) is 8.54. The molecule has 1 N–H and O–H groups in total. The molecule has 0 amide bonds. The van der Waals surface area contributed by atoms with Gasteiger partial charge in [0.1, 0.15) is 0 Å². The summed E-state index contributed by atoms with van der Waals surface area (Å²) >= 11 is 6.21. The molecular formula is C14H18ClN3. The molecule has 0 atom stereocenters. The molecule has 2 rings (SSSR count). The van der Waals surface area contributed by atoms with Crippen LogP contribution in [0, 0.1) is 20.8 Å². The maximum absolute atomic E-state index is 6.21. The van der Waals surface area contributed by atoms with E-state index in [1.54, 1.807) is 0 Å². The number of hydrogen-bond acceptors (Lipinski definition) is 2. The van der Waals surface area contributed by atoms with Crippen LogP contribution in [0.15, 0.2) is 18.2 Å². The molecule has 0 unspecified atom stereocenters. The molecule has 0 bridgehead atoms. The topological polar surface area (TPSA) is 29.9 Å². The maximum atomic E-state index is 6.21. The van der Waals surface area contributed by atoms with Gasteiger partial charge in [0.2, 0.25) is 0 Å². The van der Waals surface area contributed by atoms with Crippen LogP contribution in [0.4, 0.5) is 0 Å². The van der Waals surface area contributed by atoms with Crippen molar-refractivity contribution in [3.05, 3.63) is 45.7 Å². The summed E-state index contributed by atoms with van der Waals surface area (Å²) in [6.07, 6.45) is 0. The van der Waals surface area contributed by atoms with E-state index < -0.39 is 0 Å². The summed E-state index contributed by atoms with van der Waals surface area (Å²) < 4.78 is 1.92. The fourth-order valence-electron chi connectivity index (χ4n) is 2.11. The molecule has 0 fully saturated rings. The Balaban J connectivity index is 2.59. The fourth-order valence-corrected chi connectivity index (χ4v) is 2.23. The third-order valence-corrected chi connectivity index (χ3v) is 3.58. The van der Waals surface area contributed by atoms with Crippen molar-refractivity contribution in [2.24, 2.45) is 0 Å². The van der Waals surface area contributed by atoms with Gasteiger partial charge in [-0.05, 0) is 39.4 Å². The van der Waals surface area contributed by atoms with E-state index in [-0.39, 0.29) is 0 Å². The molecule has 1 heterocycles. The number of nitrogens with zero attached hydrogens (tertiary/aromatic N) is 2. The molecule has 0 saturated carbocycles. The highest BCUT2D eigenvalue weighted by Crippen LogP contribution is 2.24. The second-order valence-corrected chi connectivity index (χ2v) is 4.94. The molecule has 0 saturated heterocycles. The number of rotatable bonds is 3. The van der Waals surface area contributed by atoms with Crippen molar-refractivity contribution in [2.75, 3.05) is 7.05 Å². The third-order valence-electron chi connectivity index (χ3n) is 3.03. The molecule has 0 aliphatic rings. The smallest absolute Gasteiger partial charge is 0.0848 e. The van der Waals surface area contributed by atoms with Gasteiger partial charge in [0.25, 0.3) is 0 Å². The van der Waals surface area contributed by atoms with E-state index in [0.29, 0.717) is 0 Å². The van der Waals surface area contributed by atoms with Crippen LogP contribution in [-0.4, -0.2) is 16.8 Å². The largest absolute Gasteiger partial charge is 0.316 e. The van der Waals surface area contributed by atoms with Gasteiger partial charge in [-0.3, -0.25) is 0 Å². The van der Waals surface area contributed by atoms with Gasteiger partial charge in [-0.15, -0.1) is 0 Å². The number of aromatic nitrogens is 2. The molecule has 4 heteroatoms. The Morgan fingerprint density at radius 3 is 2.56 bits per heavy atom. The van der Waals surface area contributed by atoms with Crippen molar-refractivity contribution in [2.45, 2.75) is 27.3 Å². The summed E-state index contributed by atoms with van der Waals surface area (Å²) in [6.45, 7) is 6.83. The zero-order valence-electron chi connectivity index (χ0n) is 11.2. The van der Waals surface area contributed by atoms with Crippen molar-refractivity contribution in [1.29, 1.82) is 0 Å². The summed E-state index contributed by atoms with van der Waals surface area (Å²) in [4.78, 5) is 0. The minimum atomic E-state index is 0.742. The molecule has 0 aliphatic heterocycles. The van der Waals surface area contributed by atoms with Crippen LogP contribution in [0.25, 0.3) is 5.69 Å². The fraction of sp³-hybridized carbons (Fsp3) is 0.357. The second-order valence-electron chi connectivity index (χ2n) is 4.56. The van der Waals surface area contributed by atoms with Gasteiger partial charge in [-0.2, -0.15) is 5.10 Å². The lowest BCUT2D eigenvalue weighted by atomic mass is 10.1. The van der Waals surface area contributed by atoms with E-state index in [1.165, 1.54) is 11.1 Å². The zero-order chi connectivity index (χ0) is 13.3. The average Bonchev–Trinajstić information content (AvgIpc) is 2.58. The lowest BCUT2D eigenvalue weighted by Gasteiger charge is -2.12. The highest BCUT2D eigenvalue weighted by molar-refractivity contribution is 6.31. The predicted octanol–water partition coefficient (Wildman–Crippen LogP) is 3.17. The quantitative estimate of drug-likeness (QED) is 0.922. The Morgan fingerprint density at radius 2 is 2.00 bits per heavy atom. The first-order valence-electron chi connectivity index (χ1n) is 6.00. The molecule has 0 aliphatic carbocycles. The van der Waals surface area contributed by atoms with Crippen molar-refractivity contribution >= 4 is 11.6 Å². The monoisotopic (exact) mass is 263 g/mol. The van der Waals surface area contributed by atoms with Crippen LogP contribution < -0.4 is 5.32 Å². The Bertz CT molecular complexity index is 573. The Kier molecular flexibility index (Phi) is 3.73. The second kappa shape index (κ2) is 5.12. The highest BCUT2D eigenvalue weighted by Gasteiger charge is 2.13. The zero-order valence-corrected chi connectivity index (χ0v) is 12.0. The number of hydrogen-bond donors (Lipinski definition) is 1. The molecule has 1 aromatic heterocycles. The lowest BCUT2D eigenvalue weighted by molar-refractivity contribution is 0.774. The molecular weight excluding hydrogens is 246 g/mol. The predicted molar refractivity (Wildman–Crippen MR) is 75.5 cm³/mol. The normalized spacial score (nSPS) is 10.9. The minimum Gasteiger partial charge on any atom is -0.316 e. The van der Waals surface area contributed by atoms with E-state index in [0.717, 1.165) is 28.6 Å². The summed E-state index contributed by atoms with van der Waals surface area (Å²) in [5, 5.41) is 8.44. The third kappa shape index (κ3) is 2.28. The molecule has 2 aromatic rings. The van der Waals surface area contributed by atoms with E-state index in [9.17, 15) is 0 Å². The Hall–Kier alpha value is -1.32. The Morgan fingerprint density at radius 1 is 1.28 bits per heavy atom.